The lowest BCUT2D eigenvalue weighted by molar-refractivity contribution is -0.123. The summed E-state index contributed by atoms with van der Waals surface area (Å²) in [7, 11) is 0. The molecule has 0 saturated carbocycles. The van der Waals surface area contributed by atoms with Crippen molar-refractivity contribution < 1.29 is 4.79 Å². The molecule has 0 aliphatic carbocycles. The summed E-state index contributed by atoms with van der Waals surface area (Å²) in [5.41, 5.74) is 0. The van der Waals surface area contributed by atoms with Crippen LogP contribution in [-0.4, -0.2) is 12.2 Å². The van der Waals surface area contributed by atoms with E-state index >= 15 is 0 Å². The molecule has 10 heavy (non-hydrogen) atoms. The van der Waals surface area contributed by atoms with E-state index in [0.29, 0.717) is 5.92 Å². The first kappa shape index (κ1) is 9.82. The van der Waals surface area contributed by atoms with E-state index in [9.17, 15) is 4.79 Å². The number of carbonyl (C=O) groups is 1. The van der Waals surface area contributed by atoms with Gasteiger partial charge in [0.25, 0.3) is 0 Å². The van der Waals surface area contributed by atoms with Gasteiger partial charge >= 0.3 is 0 Å². The van der Waals surface area contributed by atoms with Crippen molar-refractivity contribution in [2.45, 2.75) is 20.8 Å². The lowest BCUT2D eigenvalue weighted by Gasteiger charge is -2.13. The highest BCUT2D eigenvalue weighted by Gasteiger charge is 2.15. The van der Waals surface area contributed by atoms with Crippen LogP contribution in [-0.2, 0) is 4.79 Å². The predicted octanol–water partition coefficient (Wildman–Crippen LogP) is 1.67. The average molecular weight is 161 g/mol. The van der Waals surface area contributed by atoms with Gasteiger partial charge in [-0.2, -0.15) is 0 Å². The van der Waals surface area contributed by atoms with Crippen LogP contribution in [0.15, 0.2) is 0 Å². The van der Waals surface area contributed by atoms with Gasteiger partial charge in [0, 0.05) is 12.2 Å². The number of nitrogens with one attached hydrogen (secondary N) is 1. The SMILES string of the molecule is CSNC(=O)C(C)C(C)C. The van der Waals surface area contributed by atoms with E-state index in [2.05, 4.69) is 4.72 Å². The number of rotatable bonds is 3. The Morgan fingerprint density at radius 1 is 1.40 bits per heavy atom. The fourth-order valence-electron chi connectivity index (χ4n) is 0.496. The molecule has 0 aliphatic rings. The van der Waals surface area contributed by atoms with E-state index < -0.39 is 0 Å². The van der Waals surface area contributed by atoms with Crippen molar-refractivity contribution in [2.75, 3.05) is 6.26 Å². The molecule has 0 aromatic heterocycles. The van der Waals surface area contributed by atoms with Gasteiger partial charge in [-0.1, -0.05) is 32.7 Å². The molecule has 0 spiro atoms. The third-order valence-electron chi connectivity index (χ3n) is 1.62. The van der Waals surface area contributed by atoms with Gasteiger partial charge < -0.3 is 4.72 Å². The highest BCUT2D eigenvalue weighted by Crippen LogP contribution is 2.09. The van der Waals surface area contributed by atoms with Crippen LogP contribution in [0.4, 0.5) is 0 Å². The predicted molar refractivity (Wildman–Crippen MR) is 45.7 cm³/mol. The molecule has 0 radical (unpaired) electrons. The van der Waals surface area contributed by atoms with Gasteiger partial charge in [-0.15, -0.1) is 0 Å². The maximum atomic E-state index is 11.1. The maximum absolute atomic E-state index is 11.1. The smallest absolute Gasteiger partial charge is 0.232 e. The molecule has 3 heteroatoms. The van der Waals surface area contributed by atoms with Crippen molar-refractivity contribution in [3.8, 4) is 0 Å². The molecule has 0 fully saturated rings. The minimum Gasteiger partial charge on any atom is -0.300 e. The topological polar surface area (TPSA) is 29.1 Å². The standard InChI is InChI=1S/C7H15NOS/c1-5(2)6(3)7(9)8-10-4/h5-6H,1-4H3,(H,8,9). The van der Waals surface area contributed by atoms with Crippen LogP contribution in [0.5, 0.6) is 0 Å². The van der Waals surface area contributed by atoms with Gasteiger partial charge in [-0.25, -0.2) is 0 Å². The van der Waals surface area contributed by atoms with E-state index in [4.69, 9.17) is 0 Å². The zero-order chi connectivity index (χ0) is 8.15. The van der Waals surface area contributed by atoms with Crippen LogP contribution >= 0.6 is 11.9 Å². The summed E-state index contributed by atoms with van der Waals surface area (Å²) in [6.07, 6.45) is 1.85. The summed E-state index contributed by atoms with van der Waals surface area (Å²) in [4.78, 5) is 11.1. The van der Waals surface area contributed by atoms with Crippen LogP contribution in [0.1, 0.15) is 20.8 Å². The van der Waals surface area contributed by atoms with E-state index in [1.165, 1.54) is 11.9 Å². The Bertz CT molecular complexity index is 114. The quantitative estimate of drug-likeness (QED) is 0.638. The first-order valence-corrected chi connectivity index (χ1v) is 4.65. The Morgan fingerprint density at radius 2 is 1.90 bits per heavy atom. The molecule has 1 unspecified atom stereocenters. The number of hydrogen-bond acceptors (Lipinski definition) is 2. The maximum Gasteiger partial charge on any atom is 0.232 e. The second-order valence-corrected chi connectivity index (χ2v) is 3.32. The number of amides is 1. The highest BCUT2D eigenvalue weighted by atomic mass is 32.2. The van der Waals surface area contributed by atoms with Crippen LogP contribution in [0, 0.1) is 11.8 Å². The summed E-state index contributed by atoms with van der Waals surface area (Å²) < 4.78 is 2.70. The van der Waals surface area contributed by atoms with Crippen LogP contribution in [0.25, 0.3) is 0 Å². The van der Waals surface area contributed by atoms with Crippen LogP contribution < -0.4 is 4.72 Å². The zero-order valence-corrected chi connectivity index (χ0v) is 7.79. The molecule has 0 aromatic rings. The normalized spacial score (nSPS) is 13.3. The molecular formula is C7H15NOS. The van der Waals surface area contributed by atoms with Gasteiger partial charge in [0.15, 0.2) is 0 Å². The Hall–Kier alpha value is -0.180. The first-order chi connectivity index (χ1) is 4.59. The van der Waals surface area contributed by atoms with Gasteiger partial charge in [0.1, 0.15) is 0 Å². The van der Waals surface area contributed by atoms with E-state index in [-0.39, 0.29) is 11.8 Å². The second-order valence-electron chi connectivity index (χ2n) is 2.70. The summed E-state index contributed by atoms with van der Waals surface area (Å²) in [6, 6.07) is 0. The highest BCUT2D eigenvalue weighted by molar-refractivity contribution is 7.97. The monoisotopic (exact) mass is 161 g/mol. The molecule has 0 aliphatic heterocycles. The Labute approximate surface area is 66.9 Å². The molecule has 0 aromatic carbocycles. The zero-order valence-electron chi connectivity index (χ0n) is 6.97. The minimum atomic E-state index is 0.118. The van der Waals surface area contributed by atoms with Crippen molar-refractivity contribution in [1.82, 2.24) is 4.72 Å². The fourth-order valence-corrected chi connectivity index (χ4v) is 0.883. The molecule has 0 saturated heterocycles. The minimum absolute atomic E-state index is 0.118. The van der Waals surface area contributed by atoms with Gasteiger partial charge in [0.2, 0.25) is 5.91 Å². The fraction of sp³-hybridized carbons (Fsp3) is 0.857. The van der Waals surface area contributed by atoms with Crippen LogP contribution in [0.3, 0.4) is 0 Å². The summed E-state index contributed by atoms with van der Waals surface area (Å²) in [5, 5.41) is 0. The molecule has 60 valence electrons. The van der Waals surface area contributed by atoms with Gasteiger partial charge in [-0.3, -0.25) is 4.79 Å². The molecule has 0 bridgehead atoms. The third kappa shape index (κ3) is 3.11. The van der Waals surface area contributed by atoms with Gasteiger partial charge in [0.05, 0.1) is 0 Å². The number of carbonyl (C=O) groups excluding carboxylic acids is 1. The van der Waals surface area contributed by atoms with Crippen molar-refractivity contribution >= 4 is 17.9 Å². The summed E-state index contributed by atoms with van der Waals surface area (Å²) in [5.74, 6) is 0.669. The number of hydrogen-bond donors (Lipinski definition) is 1. The molecule has 1 N–H and O–H groups in total. The Kier molecular flexibility index (Phi) is 4.52. The Morgan fingerprint density at radius 3 is 2.20 bits per heavy atom. The van der Waals surface area contributed by atoms with Crippen molar-refractivity contribution in [3.05, 3.63) is 0 Å². The van der Waals surface area contributed by atoms with Crippen molar-refractivity contribution in [2.24, 2.45) is 11.8 Å². The van der Waals surface area contributed by atoms with E-state index in [0.717, 1.165) is 0 Å². The molecule has 0 rings (SSSR count). The molecular weight excluding hydrogens is 146 g/mol. The largest absolute Gasteiger partial charge is 0.300 e. The molecule has 1 atom stereocenters. The Balaban J connectivity index is 3.71. The van der Waals surface area contributed by atoms with Crippen molar-refractivity contribution in [1.29, 1.82) is 0 Å². The third-order valence-corrected chi connectivity index (χ3v) is 2.02. The van der Waals surface area contributed by atoms with Crippen molar-refractivity contribution in [3.63, 3.8) is 0 Å². The van der Waals surface area contributed by atoms with Crippen LogP contribution in [0.2, 0.25) is 0 Å². The van der Waals surface area contributed by atoms with E-state index in [1.54, 1.807) is 0 Å². The lowest BCUT2D eigenvalue weighted by Crippen LogP contribution is -2.26. The summed E-state index contributed by atoms with van der Waals surface area (Å²) in [6.45, 7) is 6.03. The first-order valence-electron chi connectivity index (χ1n) is 3.42. The van der Waals surface area contributed by atoms with E-state index in [1.807, 2.05) is 27.0 Å². The lowest BCUT2D eigenvalue weighted by atomic mass is 9.98. The second kappa shape index (κ2) is 4.61. The van der Waals surface area contributed by atoms with Gasteiger partial charge in [-0.05, 0) is 5.92 Å². The molecule has 2 nitrogen and oxygen atoms in total. The average Bonchev–Trinajstić information content (AvgIpc) is 1.87. The summed E-state index contributed by atoms with van der Waals surface area (Å²) >= 11 is 1.36. The molecule has 0 heterocycles. The molecule has 1 amide bonds.